The second-order valence-electron chi connectivity index (χ2n) is 6.48. The Bertz CT molecular complexity index is 418. The maximum absolute atomic E-state index is 11.8. The van der Waals surface area contributed by atoms with Crippen LogP contribution >= 0.6 is 0 Å². The highest BCUT2D eigenvalue weighted by atomic mass is 16.5. The topological polar surface area (TPSA) is 142 Å². The molecule has 30 heavy (non-hydrogen) atoms. The van der Waals surface area contributed by atoms with Gasteiger partial charge in [0.05, 0.1) is 65.9 Å². The van der Waals surface area contributed by atoms with Crippen LogP contribution in [0.25, 0.3) is 0 Å². The molecule has 12 nitrogen and oxygen atoms in total. The van der Waals surface area contributed by atoms with E-state index in [0.717, 1.165) is 0 Å². The van der Waals surface area contributed by atoms with Gasteiger partial charge in [-0.25, -0.2) is 10.1 Å². The summed E-state index contributed by atoms with van der Waals surface area (Å²) < 4.78 is 21.4. The molecule has 1 saturated heterocycles. The van der Waals surface area contributed by atoms with Crippen LogP contribution in [0.5, 0.6) is 0 Å². The van der Waals surface area contributed by atoms with E-state index in [0.29, 0.717) is 62.7 Å². The van der Waals surface area contributed by atoms with Crippen molar-refractivity contribution in [2.24, 2.45) is 0 Å². The largest absolute Gasteiger partial charge is 0.378 e. The number of hydrogen-bond acceptors (Lipinski definition) is 10. The Balaban J connectivity index is 2.27. The first kappa shape index (κ1) is 26.7. The number of nitrogens with one attached hydrogen (secondary N) is 2. The predicted molar refractivity (Wildman–Crippen MR) is 105 cm³/mol. The van der Waals surface area contributed by atoms with Crippen LogP contribution < -0.4 is 10.6 Å². The third-order valence-corrected chi connectivity index (χ3v) is 4.09. The molecule has 4 N–H and O–H groups in total. The molecule has 0 aromatic carbocycles. The Morgan fingerprint density at radius 1 is 0.567 bits per heavy atom. The van der Waals surface area contributed by atoms with E-state index in [1.54, 1.807) is 0 Å². The number of nitrogens with zero attached hydrogens (tertiary/aromatic N) is 2. The van der Waals surface area contributed by atoms with Crippen molar-refractivity contribution >= 4 is 11.8 Å². The number of carbonyl (C=O) groups is 2. The molecule has 12 heteroatoms. The van der Waals surface area contributed by atoms with Crippen molar-refractivity contribution in [2.45, 2.75) is 12.8 Å². The Hall–Kier alpha value is -1.38. The van der Waals surface area contributed by atoms with Gasteiger partial charge in [-0.1, -0.05) is 0 Å². The highest BCUT2D eigenvalue weighted by Gasteiger charge is 2.11. The van der Waals surface area contributed by atoms with Crippen LogP contribution in [-0.4, -0.2) is 124 Å². The Kier molecular flexibility index (Phi) is 16.3. The maximum atomic E-state index is 11.8. The molecule has 0 saturated carbocycles. The first-order chi connectivity index (χ1) is 14.6. The molecule has 176 valence electrons. The molecular formula is C18H36N4O8. The zero-order valence-corrected chi connectivity index (χ0v) is 17.6. The first-order valence-corrected chi connectivity index (χ1v) is 10.3. The SMILES string of the molecule is O=C1CCNCCOCCOCCNCCC(=O)N(O)CCOCCOCCN1O. The van der Waals surface area contributed by atoms with E-state index >= 15 is 0 Å². The Morgan fingerprint density at radius 3 is 1.33 bits per heavy atom. The third kappa shape index (κ3) is 14.6. The number of carbonyl (C=O) groups excluding carboxylic acids is 2. The first-order valence-electron chi connectivity index (χ1n) is 10.3. The summed E-state index contributed by atoms with van der Waals surface area (Å²) >= 11 is 0. The van der Waals surface area contributed by atoms with Gasteiger partial charge in [0.25, 0.3) is 0 Å². The number of ether oxygens (including phenoxy) is 4. The average molecular weight is 437 g/mol. The van der Waals surface area contributed by atoms with Crippen LogP contribution in [0.2, 0.25) is 0 Å². The molecule has 1 aliphatic heterocycles. The lowest BCUT2D eigenvalue weighted by atomic mass is 10.4. The van der Waals surface area contributed by atoms with E-state index < -0.39 is 0 Å². The van der Waals surface area contributed by atoms with Gasteiger partial charge in [0.1, 0.15) is 0 Å². The lowest BCUT2D eigenvalue weighted by molar-refractivity contribution is -0.169. The second-order valence-corrected chi connectivity index (χ2v) is 6.48. The van der Waals surface area contributed by atoms with Crippen LogP contribution in [0.4, 0.5) is 0 Å². The molecule has 1 heterocycles. The monoisotopic (exact) mass is 436 g/mol. The van der Waals surface area contributed by atoms with Crippen molar-refractivity contribution in [3.05, 3.63) is 0 Å². The fourth-order valence-corrected chi connectivity index (χ4v) is 2.38. The van der Waals surface area contributed by atoms with Gasteiger partial charge in [-0.05, 0) is 0 Å². The lowest BCUT2D eigenvalue weighted by Crippen LogP contribution is -2.34. The lowest BCUT2D eigenvalue weighted by Gasteiger charge is -2.16. The molecule has 0 unspecified atom stereocenters. The van der Waals surface area contributed by atoms with Crippen LogP contribution in [0.1, 0.15) is 12.8 Å². The number of hydrogen-bond donors (Lipinski definition) is 4. The van der Waals surface area contributed by atoms with Gasteiger partial charge in [-0.15, -0.1) is 0 Å². The molecule has 0 bridgehead atoms. The van der Waals surface area contributed by atoms with E-state index in [9.17, 15) is 20.0 Å². The second kappa shape index (κ2) is 18.4. The number of hydroxylamine groups is 4. The fraction of sp³-hybridized carbons (Fsp3) is 0.889. The van der Waals surface area contributed by atoms with Crippen LogP contribution in [0.15, 0.2) is 0 Å². The van der Waals surface area contributed by atoms with Gasteiger partial charge in [0.15, 0.2) is 0 Å². The molecule has 0 aromatic heterocycles. The fourth-order valence-electron chi connectivity index (χ4n) is 2.38. The van der Waals surface area contributed by atoms with Crippen molar-refractivity contribution in [1.29, 1.82) is 0 Å². The average Bonchev–Trinajstić information content (AvgIpc) is 2.74. The van der Waals surface area contributed by atoms with Crippen LogP contribution in [-0.2, 0) is 28.5 Å². The quantitative estimate of drug-likeness (QED) is 0.330. The van der Waals surface area contributed by atoms with Crippen molar-refractivity contribution in [1.82, 2.24) is 20.8 Å². The van der Waals surface area contributed by atoms with Gasteiger partial charge in [-0.3, -0.25) is 20.0 Å². The molecule has 1 aliphatic rings. The number of amides is 2. The van der Waals surface area contributed by atoms with Gasteiger partial charge in [0.2, 0.25) is 11.8 Å². The van der Waals surface area contributed by atoms with E-state index in [1.165, 1.54) is 0 Å². The van der Waals surface area contributed by atoms with E-state index in [-0.39, 0.29) is 64.2 Å². The summed E-state index contributed by atoms with van der Waals surface area (Å²) in [5.41, 5.74) is 0. The summed E-state index contributed by atoms with van der Waals surface area (Å²) in [6.07, 6.45) is 0.345. The zero-order valence-electron chi connectivity index (χ0n) is 17.6. The highest BCUT2D eigenvalue weighted by molar-refractivity contribution is 5.75. The summed E-state index contributed by atoms with van der Waals surface area (Å²) in [5.74, 6) is -0.779. The summed E-state index contributed by atoms with van der Waals surface area (Å²) in [6.45, 7) is 5.02. The maximum Gasteiger partial charge on any atom is 0.247 e. The van der Waals surface area contributed by atoms with Gasteiger partial charge in [-0.2, -0.15) is 0 Å². The van der Waals surface area contributed by atoms with E-state index in [2.05, 4.69) is 10.6 Å². The molecular weight excluding hydrogens is 400 g/mol. The Morgan fingerprint density at radius 2 is 0.933 bits per heavy atom. The summed E-state index contributed by atoms with van der Waals surface area (Å²) in [5, 5.41) is 26.8. The van der Waals surface area contributed by atoms with E-state index in [1.807, 2.05) is 0 Å². The highest BCUT2D eigenvalue weighted by Crippen LogP contribution is 1.92. The van der Waals surface area contributed by atoms with Crippen LogP contribution in [0.3, 0.4) is 0 Å². The summed E-state index contributed by atoms with van der Waals surface area (Å²) in [6, 6.07) is 0. The van der Waals surface area contributed by atoms with E-state index in [4.69, 9.17) is 18.9 Å². The smallest absolute Gasteiger partial charge is 0.247 e. The van der Waals surface area contributed by atoms with Crippen molar-refractivity contribution < 1.29 is 39.0 Å². The molecule has 0 spiro atoms. The minimum Gasteiger partial charge on any atom is -0.378 e. The molecule has 2 amide bonds. The summed E-state index contributed by atoms with van der Waals surface area (Å²) in [4.78, 5) is 23.6. The standard InChI is InChI=1S/C18H36N4O8/c23-17-1-3-19-5-9-27-13-14-28-10-6-20-4-2-18(24)22(26)8-12-30-16-15-29-11-7-21(17)25/h19-20,25-26H,1-16H2. The minimum absolute atomic E-state index is 0.0644. The predicted octanol–water partition coefficient (Wildman–Crippen LogP) is -1.54. The third-order valence-electron chi connectivity index (χ3n) is 4.09. The van der Waals surface area contributed by atoms with Crippen LogP contribution in [0, 0.1) is 0 Å². The molecule has 1 rings (SSSR count). The van der Waals surface area contributed by atoms with Crippen molar-refractivity contribution in [3.8, 4) is 0 Å². The molecule has 0 atom stereocenters. The normalized spacial score (nSPS) is 22.7. The van der Waals surface area contributed by atoms with Gasteiger partial charge >= 0.3 is 0 Å². The molecule has 1 fully saturated rings. The minimum atomic E-state index is -0.389. The Labute approximate surface area is 177 Å². The van der Waals surface area contributed by atoms with Crippen molar-refractivity contribution in [3.63, 3.8) is 0 Å². The van der Waals surface area contributed by atoms with Gasteiger partial charge in [0, 0.05) is 39.0 Å². The molecule has 0 aliphatic carbocycles. The summed E-state index contributed by atoms with van der Waals surface area (Å²) in [7, 11) is 0. The zero-order chi connectivity index (χ0) is 21.9. The van der Waals surface area contributed by atoms with Gasteiger partial charge < -0.3 is 29.6 Å². The molecule has 0 aromatic rings. The molecule has 0 radical (unpaired) electrons. The van der Waals surface area contributed by atoms with Crippen molar-refractivity contribution in [2.75, 3.05) is 92.1 Å². The number of rotatable bonds is 0.